The number of amides is 1. The monoisotopic (exact) mass is 354 g/mol. The molecule has 0 aliphatic carbocycles. The normalized spacial score (nSPS) is 11.2. The Hall–Kier alpha value is -3.00. The Labute approximate surface area is 145 Å². The van der Waals surface area contributed by atoms with Crippen molar-refractivity contribution in [3.05, 3.63) is 52.2 Å². The predicted molar refractivity (Wildman–Crippen MR) is 95.9 cm³/mol. The zero-order valence-electron chi connectivity index (χ0n) is 13.4. The molecule has 25 heavy (non-hydrogen) atoms. The van der Waals surface area contributed by atoms with Gasteiger partial charge in [-0.15, -0.1) is 11.3 Å². The Morgan fingerprint density at radius 2 is 2.24 bits per heavy atom. The maximum atomic E-state index is 12.3. The molecule has 3 aromatic heterocycles. The number of benzene rings is 1. The number of anilines is 1. The summed E-state index contributed by atoms with van der Waals surface area (Å²) in [5.74, 6) is 0.394. The standard InChI is InChI=1S/C17H14N4O3S/c1-10-19-13-8-11(2-3-14(13)24-10)20-15(22)4-6-21-9-18-16-12(17(21)23)5-7-25-16/h2-3,5,7-9H,4,6H2,1H3,(H,20,22). The molecule has 0 aliphatic heterocycles. The smallest absolute Gasteiger partial charge is 0.262 e. The molecule has 4 rings (SSSR count). The van der Waals surface area contributed by atoms with Crippen molar-refractivity contribution in [3.63, 3.8) is 0 Å². The first-order chi connectivity index (χ1) is 12.1. The Bertz CT molecular complexity index is 1140. The van der Waals surface area contributed by atoms with Crippen LogP contribution in [-0.4, -0.2) is 20.4 Å². The van der Waals surface area contributed by atoms with Gasteiger partial charge in [0.05, 0.1) is 11.7 Å². The second-order valence-electron chi connectivity index (χ2n) is 5.60. The number of hydrogen-bond donors (Lipinski definition) is 1. The number of thiophene rings is 1. The lowest BCUT2D eigenvalue weighted by Crippen LogP contribution is -2.23. The summed E-state index contributed by atoms with van der Waals surface area (Å²) in [5.41, 5.74) is 1.89. The predicted octanol–water partition coefficient (Wildman–Crippen LogP) is 2.94. The molecule has 0 saturated heterocycles. The SMILES string of the molecule is Cc1nc2cc(NC(=O)CCn3cnc4sccc4c3=O)ccc2o1. The van der Waals surface area contributed by atoms with Crippen molar-refractivity contribution in [2.24, 2.45) is 0 Å². The van der Waals surface area contributed by atoms with Crippen LogP contribution in [0.1, 0.15) is 12.3 Å². The van der Waals surface area contributed by atoms with Gasteiger partial charge in [0.2, 0.25) is 5.91 Å². The number of aromatic nitrogens is 3. The van der Waals surface area contributed by atoms with E-state index < -0.39 is 0 Å². The minimum atomic E-state index is -0.183. The highest BCUT2D eigenvalue weighted by molar-refractivity contribution is 7.16. The quantitative estimate of drug-likeness (QED) is 0.608. The average Bonchev–Trinajstić information content (AvgIpc) is 3.19. The number of nitrogens with one attached hydrogen (secondary N) is 1. The van der Waals surface area contributed by atoms with E-state index in [9.17, 15) is 9.59 Å². The first kappa shape index (κ1) is 15.5. The molecule has 4 aromatic rings. The molecule has 0 atom stereocenters. The van der Waals surface area contributed by atoms with E-state index in [0.717, 1.165) is 0 Å². The van der Waals surface area contributed by atoms with Crippen molar-refractivity contribution in [1.29, 1.82) is 0 Å². The van der Waals surface area contributed by atoms with Gasteiger partial charge in [-0.3, -0.25) is 14.2 Å². The van der Waals surface area contributed by atoms with Gasteiger partial charge in [-0.2, -0.15) is 0 Å². The average molecular weight is 354 g/mol. The number of carbonyl (C=O) groups excluding carboxylic acids is 1. The summed E-state index contributed by atoms with van der Waals surface area (Å²) >= 11 is 1.42. The van der Waals surface area contributed by atoms with Gasteiger partial charge in [-0.25, -0.2) is 9.97 Å². The van der Waals surface area contributed by atoms with Crippen molar-refractivity contribution < 1.29 is 9.21 Å². The van der Waals surface area contributed by atoms with Gasteiger partial charge in [0.1, 0.15) is 10.3 Å². The maximum Gasteiger partial charge on any atom is 0.262 e. The van der Waals surface area contributed by atoms with Crippen LogP contribution in [0.4, 0.5) is 5.69 Å². The molecule has 3 heterocycles. The lowest BCUT2D eigenvalue weighted by molar-refractivity contribution is -0.116. The first-order valence-corrected chi connectivity index (χ1v) is 8.58. The number of hydrogen-bond acceptors (Lipinski definition) is 6. The molecule has 0 saturated carbocycles. The Kier molecular flexibility index (Phi) is 3.81. The highest BCUT2D eigenvalue weighted by atomic mass is 32.1. The molecule has 0 radical (unpaired) electrons. The number of oxazole rings is 1. The van der Waals surface area contributed by atoms with Crippen LogP contribution in [0.3, 0.4) is 0 Å². The summed E-state index contributed by atoms with van der Waals surface area (Å²) in [6.45, 7) is 2.04. The molecule has 0 bridgehead atoms. The third-order valence-corrected chi connectivity index (χ3v) is 4.63. The summed E-state index contributed by atoms with van der Waals surface area (Å²) < 4.78 is 6.86. The van der Waals surface area contributed by atoms with Gasteiger partial charge in [-0.05, 0) is 29.6 Å². The topological polar surface area (TPSA) is 90.0 Å². The molecule has 1 aromatic carbocycles. The van der Waals surface area contributed by atoms with Crippen LogP contribution >= 0.6 is 11.3 Å². The van der Waals surface area contributed by atoms with E-state index in [1.165, 1.54) is 22.2 Å². The Balaban J connectivity index is 1.45. The molecule has 0 unspecified atom stereocenters. The second kappa shape index (κ2) is 6.14. The van der Waals surface area contributed by atoms with Crippen molar-refractivity contribution in [1.82, 2.24) is 14.5 Å². The van der Waals surface area contributed by atoms with E-state index in [1.807, 2.05) is 5.38 Å². The molecule has 8 heteroatoms. The second-order valence-corrected chi connectivity index (χ2v) is 6.49. The molecule has 0 spiro atoms. The van der Waals surface area contributed by atoms with Crippen molar-refractivity contribution >= 4 is 44.2 Å². The van der Waals surface area contributed by atoms with Gasteiger partial charge in [0, 0.05) is 25.6 Å². The number of fused-ring (bicyclic) bond motifs is 2. The number of aryl methyl sites for hydroxylation is 2. The molecule has 1 amide bonds. The van der Waals surface area contributed by atoms with E-state index in [2.05, 4.69) is 15.3 Å². The Morgan fingerprint density at radius 3 is 3.12 bits per heavy atom. The minimum absolute atomic E-state index is 0.126. The van der Waals surface area contributed by atoms with Gasteiger partial charge in [0.15, 0.2) is 11.5 Å². The molecule has 0 fully saturated rings. The zero-order valence-corrected chi connectivity index (χ0v) is 14.2. The fourth-order valence-corrected chi connectivity index (χ4v) is 3.34. The molecule has 7 nitrogen and oxygen atoms in total. The summed E-state index contributed by atoms with van der Waals surface area (Å²) in [6.07, 6.45) is 1.66. The highest BCUT2D eigenvalue weighted by Gasteiger charge is 2.09. The van der Waals surface area contributed by atoms with Crippen molar-refractivity contribution in [2.75, 3.05) is 5.32 Å². The minimum Gasteiger partial charge on any atom is -0.441 e. The molecular formula is C17H14N4O3S. The van der Waals surface area contributed by atoms with E-state index in [1.54, 1.807) is 31.2 Å². The van der Waals surface area contributed by atoms with Crippen LogP contribution in [0.15, 0.2) is 45.2 Å². The molecule has 0 aliphatic rings. The van der Waals surface area contributed by atoms with Gasteiger partial charge in [0.25, 0.3) is 5.56 Å². The summed E-state index contributed by atoms with van der Waals surface area (Å²) in [6, 6.07) is 7.04. The third kappa shape index (κ3) is 3.03. The fraction of sp³-hybridized carbons (Fsp3) is 0.176. The zero-order chi connectivity index (χ0) is 17.4. The van der Waals surface area contributed by atoms with Crippen molar-refractivity contribution in [2.45, 2.75) is 19.9 Å². The van der Waals surface area contributed by atoms with Crippen molar-refractivity contribution in [3.8, 4) is 0 Å². The summed E-state index contributed by atoms with van der Waals surface area (Å²) in [7, 11) is 0. The van der Waals surface area contributed by atoms with Crippen LogP contribution in [0.25, 0.3) is 21.3 Å². The first-order valence-electron chi connectivity index (χ1n) is 7.70. The van der Waals surface area contributed by atoms with Gasteiger partial charge < -0.3 is 9.73 Å². The third-order valence-electron chi connectivity index (χ3n) is 3.81. The number of rotatable bonds is 4. The lowest BCUT2D eigenvalue weighted by Gasteiger charge is -2.07. The molecular weight excluding hydrogens is 340 g/mol. The van der Waals surface area contributed by atoms with Gasteiger partial charge >= 0.3 is 0 Å². The summed E-state index contributed by atoms with van der Waals surface area (Å²) in [4.78, 5) is 33.6. The number of carbonyl (C=O) groups is 1. The highest BCUT2D eigenvalue weighted by Crippen LogP contribution is 2.19. The van der Waals surface area contributed by atoms with E-state index in [4.69, 9.17) is 4.42 Å². The lowest BCUT2D eigenvalue weighted by atomic mass is 10.2. The van der Waals surface area contributed by atoms with Crippen LogP contribution < -0.4 is 10.9 Å². The largest absolute Gasteiger partial charge is 0.441 e. The molecule has 1 N–H and O–H groups in total. The van der Waals surface area contributed by atoms with E-state index >= 15 is 0 Å². The maximum absolute atomic E-state index is 12.3. The van der Waals surface area contributed by atoms with E-state index in [-0.39, 0.29) is 24.4 Å². The van der Waals surface area contributed by atoms with Crippen LogP contribution in [0.5, 0.6) is 0 Å². The van der Waals surface area contributed by atoms with Crippen LogP contribution in [0.2, 0.25) is 0 Å². The molecule has 126 valence electrons. The fourth-order valence-electron chi connectivity index (χ4n) is 2.62. The van der Waals surface area contributed by atoms with E-state index in [0.29, 0.717) is 32.9 Å². The van der Waals surface area contributed by atoms with Crippen LogP contribution in [-0.2, 0) is 11.3 Å². The van der Waals surface area contributed by atoms with Crippen LogP contribution in [0, 0.1) is 6.92 Å². The number of nitrogens with zero attached hydrogens (tertiary/aromatic N) is 3. The van der Waals surface area contributed by atoms with Gasteiger partial charge in [-0.1, -0.05) is 0 Å². The Morgan fingerprint density at radius 1 is 1.36 bits per heavy atom. The summed E-state index contributed by atoms with van der Waals surface area (Å²) in [5, 5.41) is 5.23.